The molecule has 0 fully saturated rings. The molecule has 5 nitrogen and oxygen atoms in total. The van der Waals surface area contributed by atoms with E-state index in [1.807, 2.05) is 38.1 Å². The maximum atomic E-state index is 12.0. The van der Waals surface area contributed by atoms with Gasteiger partial charge in [-0.05, 0) is 23.0 Å². The standard InChI is InChI=1S/C17H27N3O2.ClH/c1-11(2)15(18)16(22)19-10-14(21)20-13-9-7-6-8-12(13)17(3,4)5;/h6-9,11,15H,10,18H2,1-5H3,(H,19,22)(H,20,21);1H/t15-;/m0./s1. The van der Waals surface area contributed by atoms with Crippen molar-refractivity contribution in [2.45, 2.75) is 46.1 Å². The van der Waals surface area contributed by atoms with E-state index < -0.39 is 6.04 Å². The molecular weight excluding hydrogens is 314 g/mol. The van der Waals surface area contributed by atoms with Crippen LogP contribution in [0.25, 0.3) is 0 Å². The molecule has 1 rings (SSSR count). The summed E-state index contributed by atoms with van der Waals surface area (Å²) in [4.78, 5) is 23.8. The van der Waals surface area contributed by atoms with Crippen molar-refractivity contribution >= 4 is 29.9 Å². The largest absolute Gasteiger partial charge is 0.346 e. The number of hydrogen-bond acceptors (Lipinski definition) is 3. The van der Waals surface area contributed by atoms with Crippen LogP contribution >= 0.6 is 12.4 Å². The number of hydrogen-bond donors (Lipinski definition) is 3. The molecule has 1 aromatic carbocycles. The Bertz CT molecular complexity index is 539. The highest BCUT2D eigenvalue weighted by Gasteiger charge is 2.20. The van der Waals surface area contributed by atoms with Crippen LogP contribution in [0.15, 0.2) is 24.3 Å². The summed E-state index contributed by atoms with van der Waals surface area (Å²) in [5, 5.41) is 5.41. The van der Waals surface area contributed by atoms with Crippen LogP contribution in [-0.2, 0) is 15.0 Å². The van der Waals surface area contributed by atoms with Crippen molar-refractivity contribution in [2.24, 2.45) is 11.7 Å². The molecule has 130 valence electrons. The number of carbonyl (C=O) groups excluding carboxylic acids is 2. The normalized spacial score (nSPS) is 12.3. The van der Waals surface area contributed by atoms with Gasteiger partial charge in [-0.3, -0.25) is 9.59 Å². The minimum absolute atomic E-state index is 0. The number of nitrogens with one attached hydrogen (secondary N) is 2. The Labute approximate surface area is 144 Å². The number of amides is 2. The molecular formula is C17H28ClN3O2. The van der Waals surface area contributed by atoms with Crippen molar-refractivity contribution < 1.29 is 9.59 Å². The van der Waals surface area contributed by atoms with Gasteiger partial charge in [-0.1, -0.05) is 52.8 Å². The van der Waals surface area contributed by atoms with Gasteiger partial charge >= 0.3 is 0 Å². The molecule has 1 aromatic rings. The topological polar surface area (TPSA) is 84.2 Å². The van der Waals surface area contributed by atoms with E-state index in [1.165, 1.54) is 0 Å². The quantitative estimate of drug-likeness (QED) is 0.769. The van der Waals surface area contributed by atoms with Crippen LogP contribution in [-0.4, -0.2) is 24.4 Å². The maximum Gasteiger partial charge on any atom is 0.243 e. The second-order valence-corrected chi connectivity index (χ2v) is 6.83. The summed E-state index contributed by atoms with van der Waals surface area (Å²) in [6.45, 7) is 9.90. The molecule has 0 aliphatic rings. The van der Waals surface area contributed by atoms with Crippen molar-refractivity contribution in [3.05, 3.63) is 29.8 Å². The Hall–Kier alpha value is -1.59. The smallest absolute Gasteiger partial charge is 0.243 e. The van der Waals surface area contributed by atoms with E-state index in [1.54, 1.807) is 0 Å². The zero-order valence-electron chi connectivity index (χ0n) is 14.5. The molecule has 0 aromatic heterocycles. The predicted octanol–water partition coefficient (Wildman–Crippen LogP) is 2.44. The predicted molar refractivity (Wildman–Crippen MR) is 96.8 cm³/mol. The highest BCUT2D eigenvalue weighted by atomic mass is 35.5. The Morgan fingerprint density at radius 1 is 1.17 bits per heavy atom. The van der Waals surface area contributed by atoms with Crippen molar-refractivity contribution in [3.8, 4) is 0 Å². The molecule has 0 unspecified atom stereocenters. The second kappa shape index (κ2) is 8.89. The summed E-state index contributed by atoms with van der Waals surface area (Å²) in [6.07, 6.45) is 0. The molecule has 0 saturated heterocycles. The number of anilines is 1. The van der Waals surface area contributed by atoms with Crippen LogP contribution in [0.4, 0.5) is 5.69 Å². The average Bonchev–Trinajstić information content (AvgIpc) is 2.43. The monoisotopic (exact) mass is 341 g/mol. The molecule has 2 amide bonds. The summed E-state index contributed by atoms with van der Waals surface area (Å²) in [7, 11) is 0. The zero-order chi connectivity index (χ0) is 16.9. The van der Waals surface area contributed by atoms with Crippen molar-refractivity contribution in [1.82, 2.24) is 5.32 Å². The van der Waals surface area contributed by atoms with Crippen LogP contribution in [0.3, 0.4) is 0 Å². The van der Waals surface area contributed by atoms with Gasteiger partial charge in [-0.2, -0.15) is 0 Å². The van der Waals surface area contributed by atoms with Gasteiger partial charge in [-0.15, -0.1) is 12.4 Å². The highest BCUT2D eigenvalue weighted by molar-refractivity contribution is 5.95. The molecule has 0 aliphatic carbocycles. The summed E-state index contributed by atoms with van der Waals surface area (Å²) in [5.41, 5.74) is 7.48. The lowest BCUT2D eigenvalue weighted by atomic mass is 9.86. The van der Waals surface area contributed by atoms with E-state index in [4.69, 9.17) is 5.73 Å². The molecule has 0 radical (unpaired) electrons. The fourth-order valence-electron chi connectivity index (χ4n) is 2.03. The third kappa shape index (κ3) is 6.59. The minimum atomic E-state index is -0.602. The second-order valence-electron chi connectivity index (χ2n) is 6.83. The molecule has 23 heavy (non-hydrogen) atoms. The Morgan fingerprint density at radius 3 is 2.26 bits per heavy atom. The van der Waals surface area contributed by atoms with Crippen molar-refractivity contribution in [2.75, 3.05) is 11.9 Å². The van der Waals surface area contributed by atoms with Crippen LogP contribution in [0.5, 0.6) is 0 Å². The number of halogens is 1. The van der Waals surface area contributed by atoms with Gasteiger partial charge in [-0.25, -0.2) is 0 Å². The number of para-hydroxylation sites is 1. The first kappa shape index (κ1) is 21.4. The van der Waals surface area contributed by atoms with Crippen LogP contribution in [0.2, 0.25) is 0 Å². The summed E-state index contributed by atoms with van der Waals surface area (Å²) >= 11 is 0. The Morgan fingerprint density at radius 2 is 1.74 bits per heavy atom. The van der Waals surface area contributed by atoms with Crippen LogP contribution in [0, 0.1) is 5.92 Å². The number of nitrogens with two attached hydrogens (primary N) is 1. The SMILES string of the molecule is CC(C)[C@H](N)C(=O)NCC(=O)Nc1ccccc1C(C)(C)C.Cl. The maximum absolute atomic E-state index is 12.0. The van der Waals surface area contributed by atoms with Crippen LogP contribution < -0.4 is 16.4 Å². The highest BCUT2D eigenvalue weighted by Crippen LogP contribution is 2.29. The number of rotatable bonds is 5. The lowest BCUT2D eigenvalue weighted by Crippen LogP contribution is -2.46. The fourth-order valence-corrected chi connectivity index (χ4v) is 2.03. The van der Waals surface area contributed by atoms with Gasteiger partial charge in [0.25, 0.3) is 0 Å². The zero-order valence-corrected chi connectivity index (χ0v) is 15.3. The van der Waals surface area contributed by atoms with Crippen molar-refractivity contribution in [3.63, 3.8) is 0 Å². The lowest BCUT2D eigenvalue weighted by molar-refractivity contribution is -0.125. The van der Waals surface area contributed by atoms with E-state index in [0.717, 1.165) is 11.3 Å². The van der Waals surface area contributed by atoms with Gasteiger partial charge in [0.1, 0.15) is 0 Å². The average molecular weight is 342 g/mol. The molecule has 0 spiro atoms. The molecule has 0 bridgehead atoms. The fraction of sp³-hybridized carbons (Fsp3) is 0.529. The molecule has 0 aliphatic heterocycles. The molecule has 0 saturated carbocycles. The molecule has 0 heterocycles. The molecule has 1 atom stereocenters. The van der Waals surface area contributed by atoms with Gasteiger partial charge in [0.2, 0.25) is 11.8 Å². The third-order valence-electron chi connectivity index (χ3n) is 3.45. The first-order valence-corrected chi connectivity index (χ1v) is 7.55. The minimum Gasteiger partial charge on any atom is -0.346 e. The Balaban J connectivity index is 0.00000484. The van der Waals surface area contributed by atoms with E-state index in [0.29, 0.717) is 0 Å². The van der Waals surface area contributed by atoms with E-state index in [9.17, 15) is 9.59 Å². The molecule has 6 heteroatoms. The van der Waals surface area contributed by atoms with Gasteiger partial charge in [0.05, 0.1) is 12.6 Å². The van der Waals surface area contributed by atoms with E-state index in [2.05, 4.69) is 31.4 Å². The first-order valence-electron chi connectivity index (χ1n) is 7.55. The lowest BCUT2D eigenvalue weighted by Gasteiger charge is -2.23. The number of benzene rings is 1. The van der Waals surface area contributed by atoms with E-state index >= 15 is 0 Å². The summed E-state index contributed by atoms with van der Waals surface area (Å²) in [5.74, 6) is -0.542. The van der Waals surface area contributed by atoms with Gasteiger partial charge < -0.3 is 16.4 Å². The van der Waals surface area contributed by atoms with Gasteiger partial charge in [0, 0.05) is 5.69 Å². The molecule has 4 N–H and O–H groups in total. The van der Waals surface area contributed by atoms with E-state index in [-0.39, 0.29) is 42.1 Å². The Kier molecular flexibility index (Phi) is 8.28. The van der Waals surface area contributed by atoms with Gasteiger partial charge in [0.15, 0.2) is 0 Å². The first-order chi connectivity index (χ1) is 10.1. The summed E-state index contributed by atoms with van der Waals surface area (Å²) < 4.78 is 0. The van der Waals surface area contributed by atoms with Crippen molar-refractivity contribution in [1.29, 1.82) is 0 Å². The van der Waals surface area contributed by atoms with Crippen LogP contribution in [0.1, 0.15) is 40.2 Å². The third-order valence-corrected chi connectivity index (χ3v) is 3.45. The number of carbonyl (C=O) groups is 2. The summed E-state index contributed by atoms with van der Waals surface area (Å²) in [6, 6.07) is 7.07.